The van der Waals surface area contributed by atoms with E-state index in [0.29, 0.717) is 24.3 Å². The van der Waals surface area contributed by atoms with Crippen LogP contribution in [0.2, 0.25) is 0 Å². The maximum atomic E-state index is 13.2. The molecule has 2 heterocycles. The van der Waals surface area contributed by atoms with Gasteiger partial charge in [-0.1, -0.05) is 18.2 Å². The van der Waals surface area contributed by atoms with Crippen molar-refractivity contribution in [1.29, 1.82) is 0 Å². The number of halogens is 3. The van der Waals surface area contributed by atoms with Gasteiger partial charge in [-0.25, -0.2) is 0 Å². The van der Waals surface area contributed by atoms with E-state index < -0.39 is 17.9 Å². The van der Waals surface area contributed by atoms with Crippen LogP contribution in [-0.2, 0) is 6.18 Å². The number of nitrogens with zero attached hydrogens (tertiary/aromatic N) is 3. The third-order valence-electron chi connectivity index (χ3n) is 5.48. The molecule has 0 bridgehead atoms. The van der Waals surface area contributed by atoms with Gasteiger partial charge >= 0.3 is 6.18 Å². The summed E-state index contributed by atoms with van der Waals surface area (Å²) in [6.45, 7) is 2.71. The molecule has 0 saturated carbocycles. The number of nitrogens with two attached hydrogens (primary N) is 1. The number of nitrogens with one attached hydrogen (secondary N) is 1. The number of alkyl halides is 3. The predicted molar refractivity (Wildman–Crippen MR) is 109 cm³/mol. The second kappa shape index (κ2) is 7.73. The van der Waals surface area contributed by atoms with E-state index in [1.165, 1.54) is 13.0 Å². The maximum absolute atomic E-state index is 13.2. The molecule has 158 valence electrons. The molecule has 1 aliphatic heterocycles. The number of β-amino-alcohol motifs (C(OH)–C–C–N with tert-alkyl or cyclic N) is 1. The van der Waals surface area contributed by atoms with Gasteiger partial charge < -0.3 is 21.1 Å². The van der Waals surface area contributed by atoms with Crippen LogP contribution in [0.5, 0.6) is 0 Å². The monoisotopic (exact) mass is 417 g/mol. The minimum atomic E-state index is -4.45. The van der Waals surface area contributed by atoms with Crippen molar-refractivity contribution in [2.45, 2.75) is 31.8 Å². The van der Waals surface area contributed by atoms with Crippen molar-refractivity contribution in [2.75, 3.05) is 23.3 Å². The van der Waals surface area contributed by atoms with Crippen LogP contribution in [0.1, 0.15) is 29.3 Å². The number of rotatable bonds is 4. The fourth-order valence-electron chi connectivity index (χ4n) is 3.87. The summed E-state index contributed by atoms with van der Waals surface area (Å²) in [5.74, 6) is 0.387. The molecule has 30 heavy (non-hydrogen) atoms. The Morgan fingerprint density at radius 3 is 2.77 bits per heavy atom. The van der Waals surface area contributed by atoms with Crippen LogP contribution in [0, 0.1) is 6.92 Å². The molecular weight excluding hydrogens is 395 g/mol. The first-order chi connectivity index (χ1) is 14.2. The second-order valence-electron chi connectivity index (χ2n) is 7.49. The fraction of sp³-hybridized carbons (Fsp3) is 0.333. The molecule has 1 aliphatic rings. The summed E-state index contributed by atoms with van der Waals surface area (Å²) in [4.78, 5) is 2.07. The molecule has 9 heteroatoms. The quantitative estimate of drug-likeness (QED) is 0.563. The standard InChI is InChI=1S/C21H22F3N5O/c1-12-16(3-2-4-18(12)21(22,23)24)19(25)27-20-17-9-14(29-8-7-15(30)11-29)6-5-13(17)10-26-28-20/h2-6,9-10,15,19,30H,7-8,11,25H2,1H3,(H,27,28)/t15-,19+/m1/s1. The Labute approximate surface area is 171 Å². The predicted octanol–water partition coefficient (Wildman–Crippen LogP) is 3.60. The van der Waals surface area contributed by atoms with E-state index in [-0.39, 0.29) is 11.7 Å². The van der Waals surface area contributed by atoms with Crippen LogP contribution in [0.25, 0.3) is 10.8 Å². The number of benzene rings is 2. The summed E-state index contributed by atoms with van der Waals surface area (Å²) in [7, 11) is 0. The van der Waals surface area contributed by atoms with Crippen molar-refractivity contribution in [2.24, 2.45) is 5.73 Å². The van der Waals surface area contributed by atoms with Crippen LogP contribution >= 0.6 is 0 Å². The van der Waals surface area contributed by atoms with E-state index in [4.69, 9.17) is 5.73 Å². The number of anilines is 2. The first-order valence-corrected chi connectivity index (χ1v) is 9.61. The molecule has 0 unspecified atom stereocenters. The van der Waals surface area contributed by atoms with Gasteiger partial charge in [0.05, 0.1) is 17.9 Å². The minimum Gasteiger partial charge on any atom is -0.391 e. The van der Waals surface area contributed by atoms with Gasteiger partial charge in [0.25, 0.3) is 0 Å². The number of aliphatic hydroxyl groups excluding tert-OH is 1. The van der Waals surface area contributed by atoms with Crippen molar-refractivity contribution in [3.8, 4) is 0 Å². The van der Waals surface area contributed by atoms with Crippen LogP contribution in [0.3, 0.4) is 0 Å². The highest BCUT2D eigenvalue weighted by Gasteiger charge is 2.33. The van der Waals surface area contributed by atoms with Gasteiger partial charge in [-0.15, -0.1) is 5.10 Å². The zero-order chi connectivity index (χ0) is 21.5. The largest absolute Gasteiger partial charge is 0.416 e. The van der Waals surface area contributed by atoms with Crippen LogP contribution < -0.4 is 16.0 Å². The molecule has 2 atom stereocenters. The Balaban J connectivity index is 1.67. The lowest BCUT2D eigenvalue weighted by Crippen LogP contribution is -2.23. The summed E-state index contributed by atoms with van der Waals surface area (Å²) in [5, 5.41) is 22.5. The molecule has 1 fully saturated rings. The number of aromatic nitrogens is 2. The molecule has 1 saturated heterocycles. The number of fused-ring (bicyclic) bond motifs is 1. The molecule has 4 N–H and O–H groups in total. The topological polar surface area (TPSA) is 87.3 Å². The van der Waals surface area contributed by atoms with Crippen LogP contribution in [0.15, 0.2) is 42.6 Å². The number of hydrogen-bond donors (Lipinski definition) is 3. The van der Waals surface area contributed by atoms with Crippen molar-refractivity contribution in [3.63, 3.8) is 0 Å². The lowest BCUT2D eigenvalue weighted by Gasteiger charge is -2.21. The zero-order valence-corrected chi connectivity index (χ0v) is 16.3. The van der Waals surface area contributed by atoms with Crippen molar-refractivity contribution in [1.82, 2.24) is 10.2 Å². The average Bonchev–Trinajstić information content (AvgIpc) is 3.13. The normalized spacial score (nSPS) is 18.1. The first kappa shape index (κ1) is 20.4. The molecule has 0 amide bonds. The molecule has 0 spiro atoms. The Hall–Kier alpha value is -2.91. The number of aliphatic hydroxyl groups is 1. The Morgan fingerprint density at radius 1 is 1.27 bits per heavy atom. The zero-order valence-electron chi connectivity index (χ0n) is 16.3. The van der Waals surface area contributed by atoms with E-state index in [1.807, 2.05) is 18.2 Å². The highest BCUT2D eigenvalue weighted by Crippen LogP contribution is 2.35. The van der Waals surface area contributed by atoms with Gasteiger partial charge in [-0.05, 0) is 42.7 Å². The average molecular weight is 417 g/mol. The summed E-state index contributed by atoms with van der Waals surface area (Å²) >= 11 is 0. The Morgan fingerprint density at radius 2 is 2.07 bits per heavy atom. The van der Waals surface area contributed by atoms with Crippen molar-refractivity contribution < 1.29 is 18.3 Å². The highest BCUT2D eigenvalue weighted by molar-refractivity contribution is 5.93. The Kier molecular flexibility index (Phi) is 5.25. The minimum absolute atomic E-state index is 0.0740. The molecule has 4 rings (SSSR count). The molecule has 0 aliphatic carbocycles. The van der Waals surface area contributed by atoms with Gasteiger partial charge in [-0.3, -0.25) is 0 Å². The van der Waals surface area contributed by atoms with E-state index >= 15 is 0 Å². The van der Waals surface area contributed by atoms with E-state index in [1.54, 1.807) is 12.3 Å². The van der Waals surface area contributed by atoms with E-state index in [9.17, 15) is 18.3 Å². The lowest BCUT2D eigenvalue weighted by atomic mass is 10.00. The molecule has 1 aromatic heterocycles. The summed E-state index contributed by atoms with van der Waals surface area (Å²) < 4.78 is 39.7. The Bertz CT molecular complexity index is 1070. The van der Waals surface area contributed by atoms with Gasteiger partial charge in [0.15, 0.2) is 5.82 Å². The van der Waals surface area contributed by atoms with Crippen molar-refractivity contribution >= 4 is 22.3 Å². The summed E-state index contributed by atoms with van der Waals surface area (Å²) in [6.07, 6.45) is -3.38. The molecule has 6 nitrogen and oxygen atoms in total. The molecule has 3 aromatic rings. The third-order valence-corrected chi connectivity index (χ3v) is 5.48. The van der Waals surface area contributed by atoms with E-state index in [0.717, 1.165) is 29.1 Å². The molecule has 0 radical (unpaired) electrons. The van der Waals surface area contributed by atoms with Gasteiger partial charge in [0.2, 0.25) is 0 Å². The maximum Gasteiger partial charge on any atom is 0.416 e. The smallest absolute Gasteiger partial charge is 0.391 e. The van der Waals surface area contributed by atoms with Crippen LogP contribution in [-0.4, -0.2) is 34.5 Å². The SMILES string of the molecule is Cc1c([C@@H](N)Nc2nncc3ccc(N4CC[C@@H](O)C4)cc23)cccc1C(F)(F)F. The molecule has 2 aromatic carbocycles. The second-order valence-corrected chi connectivity index (χ2v) is 7.49. The first-order valence-electron chi connectivity index (χ1n) is 9.61. The van der Waals surface area contributed by atoms with Gasteiger partial charge in [-0.2, -0.15) is 18.3 Å². The third kappa shape index (κ3) is 3.90. The van der Waals surface area contributed by atoms with Crippen molar-refractivity contribution in [3.05, 3.63) is 59.3 Å². The molecular formula is C21H22F3N5O. The lowest BCUT2D eigenvalue weighted by molar-refractivity contribution is -0.138. The van der Waals surface area contributed by atoms with Gasteiger partial charge in [0, 0.05) is 29.5 Å². The highest BCUT2D eigenvalue weighted by atomic mass is 19.4. The van der Waals surface area contributed by atoms with Gasteiger partial charge in [0.1, 0.15) is 6.17 Å². The summed E-state index contributed by atoms with van der Waals surface area (Å²) in [6, 6.07) is 9.73. The fourth-order valence-corrected chi connectivity index (χ4v) is 3.87. The number of hydrogen-bond acceptors (Lipinski definition) is 6. The van der Waals surface area contributed by atoms with Crippen LogP contribution in [0.4, 0.5) is 24.7 Å². The summed E-state index contributed by atoms with van der Waals surface area (Å²) in [5.41, 5.74) is 6.85. The van der Waals surface area contributed by atoms with E-state index in [2.05, 4.69) is 20.4 Å².